The smallest absolute Gasteiger partial charge is 0.338 e. The average Bonchev–Trinajstić information content (AvgIpc) is 2.53. The molecule has 0 aliphatic rings. The van der Waals surface area contributed by atoms with Gasteiger partial charge in [-0.3, -0.25) is 4.98 Å². The molecule has 6 nitrogen and oxygen atoms in total. The number of benzene rings is 1. The van der Waals surface area contributed by atoms with Gasteiger partial charge in [-0.1, -0.05) is 11.6 Å². The van der Waals surface area contributed by atoms with Gasteiger partial charge in [-0.05, 0) is 53.2 Å². The molecule has 0 spiro atoms. The van der Waals surface area contributed by atoms with E-state index in [1.54, 1.807) is 19.1 Å². The number of esters is 1. The fourth-order valence-electron chi connectivity index (χ4n) is 1.84. The molecule has 0 amide bonds. The topological polar surface area (TPSA) is 85.4 Å². The maximum atomic E-state index is 12.5. The predicted molar refractivity (Wildman–Crippen MR) is 93.4 cm³/mol. The molecule has 0 bridgehead atoms. The number of halogens is 2. The number of nitrogens with zero attached hydrogens (tertiary/aromatic N) is 1. The van der Waals surface area contributed by atoms with E-state index in [-0.39, 0.29) is 23.6 Å². The molecule has 0 saturated heterocycles. The van der Waals surface area contributed by atoms with Gasteiger partial charge in [0.1, 0.15) is 0 Å². The summed E-state index contributed by atoms with van der Waals surface area (Å²) in [5, 5.41) is 0.463. The van der Waals surface area contributed by atoms with Crippen molar-refractivity contribution >= 4 is 43.5 Å². The van der Waals surface area contributed by atoms with E-state index in [1.807, 2.05) is 0 Å². The van der Waals surface area contributed by atoms with Crippen LogP contribution in [-0.4, -0.2) is 26.0 Å². The van der Waals surface area contributed by atoms with E-state index in [1.165, 1.54) is 24.4 Å². The van der Waals surface area contributed by atoms with E-state index < -0.39 is 16.0 Å². The van der Waals surface area contributed by atoms with Crippen LogP contribution in [0.3, 0.4) is 0 Å². The van der Waals surface area contributed by atoms with Crippen molar-refractivity contribution in [3.8, 4) is 0 Å². The van der Waals surface area contributed by atoms with Gasteiger partial charge in [-0.25, -0.2) is 17.9 Å². The second kappa shape index (κ2) is 8.06. The number of carbonyl (C=O) groups is 1. The van der Waals surface area contributed by atoms with Crippen molar-refractivity contribution in [3.05, 3.63) is 57.3 Å². The third-order valence-electron chi connectivity index (χ3n) is 2.95. The lowest BCUT2D eigenvalue weighted by Crippen LogP contribution is -2.24. The van der Waals surface area contributed by atoms with Gasteiger partial charge in [0.05, 0.1) is 29.3 Å². The number of hydrogen-bond acceptors (Lipinski definition) is 5. The number of hydrogen-bond donors (Lipinski definition) is 1. The number of rotatable bonds is 6. The number of nitrogens with one attached hydrogen (secondary N) is 1. The van der Waals surface area contributed by atoms with Crippen molar-refractivity contribution in [2.45, 2.75) is 18.4 Å². The maximum Gasteiger partial charge on any atom is 0.338 e. The molecule has 0 unspecified atom stereocenters. The Morgan fingerprint density at radius 1 is 1.33 bits per heavy atom. The highest BCUT2D eigenvalue weighted by Gasteiger charge is 2.20. The van der Waals surface area contributed by atoms with Gasteiger partial charge >= 0.3 is 5.97 Å². The normalized spacial score (nSPS) is 11.3. The van der Waals surface area contributed by atoms with E-state index >= 15 is 0 Å². The van der Waals surface area contributed by atoms with E-state index in [4.69, 9.17) is 16.3 Å². The molecule has 128 valence electrons. The summed E-state index contributed by atoms with van der Waals surface area (Å²) >= 11 is 9.03. The zero-order valence-electron chi connectivity index (χ0n) is 12.6. The molecule has 0 aliphatic carbocycles. The number of aromatic nitrogens is 1. The summed E-state index contributed by atoms with van der Waals surface area (Å²) in [6.45, 7) is 1.85. The lowest BCUT2D eigenvalue weighted by Gasteiger charge is -2.10. The van der Waals surface area contributed by atoms with Gasteiger partial charge in [0, 0.05) is 15.7 Å². The van der Waals surface area contributed by atoms with Crippen LogP contribution in [0.1, 0.15) is 23.0 Å². The van der Waals surface area contributed by atoms with Crippen LogP contribution in [0.15, 0.2) is 45.9 Å². The van der Waals surface area contributed by atoms with Crippen LogP contribution in [-0.2, 0) is 21.3 Å². The largest absolute Gasteiger partial charge is 0.462 e. The quantitative estimate of drug-likeness (QED) is 0.707. The SMILES string of the molecule is CCOC(=O)c1ccc(Br)c(S(=O)(=O)NCc2cc(Cl)ccn2)c1. The number of carbonyl (C=O) groups excluding carboxylic acids is 1. The second-order valence-corrected chi connectivity index (χ2v) is 7.68. The summed E-state index contributed by atoms with van der Waals surface area (Å²) in [6.07, 6.45) is 1.49. The van der Waals surface area contributed by atoms with Crippen LogP contribution < -0.4 is 4.72 Å². The Balaban J connectivity index is 2.25. The molecule has 0 fully saturated rings. The molecule has 2 aromatic rings. The first-order valence-electron chi connectivity index (χ1n) is 6.90. The molecule has 1 heterocycles. The van der Waals surface area contributed by atoms with Crippen LogP contribution in [0.5, 0.6) is 0 Å². The predicted octanol–water partition coefficient (Wildman–Crippen LogP) is 3.15. The minimum absolute atomic E-state index is 0.0288. The molecular weight excluding hydrogens is 420 g/mol. The van der Waals surface area contributed by atoms with Crippen LogP contribution in [0.4, 0.5) is 0 Å². The van der Waals surface area contributed by atoms with Gasteiger partial charge < -0.3 is 4.74 Å². The molecular formula is C15H14BrClN2O4S. The fourth-order valence-corrected chi connectivity index (χ4v) is 4.01. The van der Waals surface area contributed by atoms with Gasteiger partial charge in [0.15, 0.2) is 0 Å². The molecule has 0 saturated carbocycles. The van der Waals surface area contributed by atoms with Crippen LogP contribution in [0.2, 0.25) is 5.02 Å². The average molecular weight is 434 g/mol. The lowest BCUT2D eigenvalue weighted by molar-refractivity contribution is 0.0526. The summed E-state index contributed by atoms with van der Waals surface area (Å²) in [4.78, 5) is 15.7. The summed E-state index contributed by atoms with van der Waals surface area (Å²) in [6, 6.07) is 7.39. The summed E-state index contributed by atoms with van der Waals surface area (Å²) < 4.78 is 32.6. The Morgan fingerprint density at radius 2 is 2.08 bits per heavy atom. The summed E-state index contributed by atoms with van der Waals surface area (Å²) in [5.41, 5.74) is 0.630. The summed E-state index contributed by atoms with van der Waals surface area (Å²) in [7, 11) is -3.86. The minimum Gasteiger partial charge on any atom is -0.462 e. The van der Waals surface area contributed by atoms with Crippen LogP contribution in [0, 0.1) is 0 Å². The van der Waals surface area contributed by atoms with Crippen LogP contribution in [0.25, 0.3) is 0 Å². The Morgan fingerprint density at radius 3 is 2.75 bits per heavy atom. The standard InChI is InChI=1S/C15H14BrClN2O4S/c1-2-23-15(20)10-3-4-13(16)14(7-10)24(21,22)19-9-12-8-11(17)5-6-18-12/h3-8,19H,2,9H2,1H3. The number of pyridine rings is 1. The molecule has 24 heavy (non-hydrogen) atoms. The Hall–Kier alpha value is -1.48. The summed E-state index contributed by atoms with van der Waals surface area (Å²) in [5.74, 6) is -0.585. The van der Waals surface area contributed by atoms with Gasteiger partial charge in [0.2, 0.25) is 10.0 Å². The van der Waals surface area contributed by atoms with Crippen molar-refractivity contribution in [1.29, 1.82) is 0 Å². The van der Waals surface area contributed by atoms with Crippen molar-refractivity contribution in [2.24, 2.45) is 0 Å². The maximum absolute atomic E-state index is 12.5. The molecule has 0 aliphatic heterocycles. The van der Waals surface area contributed by atoms with Crippen LogP contribution >= 0.6 is 27.5 Å². The van der Waals surface area contributed by atoms with Gasteiger partial charge in [-0.15, -0.1) is 0 Å². The molecule has 9 heteroatoms. The molecule has 0 radical (unpaired) electrons. The highest BCUT2D eigenvalue weighted by molar-refractivity contribution is 9.10. The van der Waals surface area contributed by atoms with E-state index in [0.29, 0.717) is 15.2 Å². The van der Waals surface area contributed by atoms with E-state index in [9.17, 15) is 13.2 Å². The number of ether oxygens (including phenoxy) is 1. The van der Waals surface area contributed by atoms with Crippen molar-refractivity contribution in [3.63, 3.8) is 0 Å². The minimum atomic E-state index is -3.86. The highest BCUT2D eigenvalue weighted by Crippen LogP contribution is 2.24. The first-order chi connectivity index (χ1) is 11.3. The molecule has 1 aromatic heterocycles. The third-order valence-corrected chi connectivity index (χ3v) is 5.58. The first kappa shape index (κ1) is 18.9. The van der Waals surface area contributed by atoms with Crippen molar-refractivity contribution < 1.29 is 17.9 Å². The van der Waals surface area contributed by atoms with Crippen molar-refractivity contribution in [1.82, 2.24) is 9.71 Å². The molecule has 0 atom stereocenters. The Labute approximate surface area is 153 Å². The zero-order chi connectivity index (χ0) is 17.7. The Kier molecular flexibility index (Phi) is 6.34. The first-order valence-corrected chi connectivity index (χ1v) is 9.55. The number of sulfonamides is 1. The molecule has 1 aromatic carbocycles. The highest BCUT2D eigenvalue weighted by atomic mass is 79.9. The fraction of sp³-hybridized carbons (Fsp3) is 0.200. The van der Waals surface area contributed by atoms with Crippen molar-refractivity contribution in [2.75, 3.05) is 6.61 Å². The van der Waals surface area contributed by atoms with Gasteiger partial charge in [0.25, 0.3) is 0 Å². The van der Waals surface area contributed by atoms with E-state index in [2.05, 4.69) is 25.6 Å². The monoisotopic (exact) mass is 432 g/mol. The molecule has 2 rings (SSSR count). The molecule has 1 N–H and O–H groups in total. The van der Waals surface area contributed by atoms with Gasteiger partial charge in [-0.2, -0.15) is 0 Å². The second-order valence-electron chi connectivity index (χ2n) is 4.66. The van der Waals surface area contributed by atoms with E-state index in [0.717, 1.165) is 0 Å². The lowest BCUT2D eigenvalue weighted by atomic mass is 10.2. The zero-order valence-corrected chi connectivity index (χ0v) is 15.8. The third kappa shape index (κ3) is 4.76. The Bertz CT molecular complexity index is 858.